The Morgan fingerprint density at radius 1 is 0.946 bits per heavy atom. The Morgan fingerprint density at radius 3 is 2.43 bits per heavy atom. The fourth-order valence-electron chi connectivity index (χ4n) is 4.98. The van der Waals surface area contributed by atoms with E-state index in [1.807, 2.05) is 61.5 Å². The third kappa shape index (κ3) is 3.74. The number of imide groups is 1. The molecule has 0 aliphatic carbocycles. The van der Waals surface area contributed by atoms with Gasteiger partial charge in [0.05, 0.1) is 19.2 Å². The Balaban J connectivity index is 1.38. The molecule has 1 fully saturated rings. The standard InChI is InChI=1S/C29H24N4O4/c1-17-3-4-20-13-19(8-12-25(20)30-17)18-5-9-22(10-6-18)29(27(35)31-28(36)32-29)16-33-15-21-7-11-23(37-2)14-24(21)26(33)34/h3-15,34H,16H2,1-2H3,(H2,31,32,35,36)/t29-/m0/s1. The van der Waals surface area contributed by atoms with Crippen LogP contribution >= 0.6 is 0 Å². The Morgan fingerprint density at radius 2 is 1.70 bits per heavy atom. The monoisotopic (exact) mass is 492 g/mol. The van der Waals surface area contributed by atoms with Crippen LogP contribution in [-0.4, -0.2) is 33.7 Å². The van der Waals surface area contributed by atoms with E-state index in [2.05, 4.69) is 21.7 Å². The summed E-state index contributed by atoms with van der Waals surface area (Å²) >= 11 is 0. The highest BCUT2D eigenvalue weighted by Gasteiger charge is 2.48. The van der Waals surface area contributed by atoms with Gasteiger partial charge in [0.1, 0.15) is 5.75 Å². The Kier molecular flexibility index (Phi) is 5.12. The summed E-state index contributed by atoms with van der Waals surface area (Å²) in [5.74, 6) is 0.114. The SMILES string of the molecule is COc1ccc2cn(C[C@@]3(c4ccc(-c5ccc6nc(C)ccc6c5)cc4)NC(=O)NC3=O)c(O)c2c1. The van der Waals surface area contributed by atoms with E-state index in [4.69, 9.17) is 4.74 Å². The fraction of sp³-hybridized carbons (Fsp3) is 0.138. The quantitative estimate of drug-likeness (QED) is 0.311. The van der Waals surface area contributed by atoms with E-state index < -0.39 is 17.5 Å². The summed E-state index contributed by atoms with van der Waals surface area (Å²) in [6.45, 7) is 1.97. The van der Waals surface area contributed by atoms with E-state index in [-0.39, 0.29) is 12.4 Å². The smallest absolute Gasteiger partial charge is 0.322 e. The van der Waals surface area contributed by atoms with Gasteiger partial charge in [0.15, 0.2) is 11.4 Å². The zero-order chi connectivity index (χ0) is 25.7. The molecule has 3 heterocycles. The normalized spacial score (nSPS) is 17.2. The first kappa shape index (κ1) is 22.6. The van der Waals surface area contributed by atoms with E-state index in [9.17, 15) is 14.7 Å². The molecule has 5 aromatic rings. The molecule has 0 bridgehead atoms. The van der Waals surface area contributed by atoms with Crippen molar-refractivity contribution in [3.63, 3.8) is 0 Å². The second-order valence-electron chi connectivity index (χ2n) is 9.28. The maximum absolute atomic E-state index is 13.2. The summed E-state index contributed by atoms with van der Waals surface area (Å²) in [5, 5.41) is 18.5. The number of fused-ring (bicyclic) bond motifs is 2. The number of nitrogens with one attached hydrogen (secondary N) is 2. The van der Waals surface area contributed by atoms with E-state index in [1.54, 1.807) is 30.0 Å². The van der Waals surface area contributed by atoms with Gasteiger partial charge < -0.3 is 19.7 Å². The number of urea groups is 1. The zero-order valence-electron chi connectivity index (χ0n) is 20.3. The molecule has 2 aromatic heterocycles. The van der Waals surface area contributed by atoms with Gasteiger partial charge in [0, 0.05) is 28.0 Å². The Hall–Kier alpha value is -4.85. The van der Waals surface area contributed by atoms with Crippen molar-refractivity contribution in [3.05, 3.63) is 90.3 Å². The van der Waals surface area contributed by atoms with Crippen LogP contribution in [-0.2, 0) is 16.9 Å². The number of hydrogen-bond acceptors (Lipinski definition) is 5. The lowest BCUT2D eigenvalue weighted by molar-refractivity contribution is -0.124. The Bertz CT molecular complexity index is 1710. The summed E-state index contributed by atoms with van der Waals surface area (Å²) < 4.78 is 6.84. The number of benzene rings is 3. The first-order valence-corrected chi connectivity index (χ1v) is 11.8. The molecular weight excluding hydrogens is 468 g/mol. The van der Waals surface area contributed by atoms with Gasteiger partial charge in [-0.1, -0.05) is 36.4 Å². The summed E-state index contributed by atoms with van der Waals surface area (Å²) in [7, 11) is 1.56. The van der Waals surface area contributed by atoms with E-state index in [0.29, 0.717) is 16.7 Å². The van der Waals surface area contributed by atoms with Gasteiger partial charge >= 0.3 is 6.03 Å². The van der Waals surface area contributed by atoms with Gasteiger partial charge in [0.2, 0.25) is 0 Å². The minimum atomic E-state index is -1.39. The Labute approximate surface area is 212 Å². The van der Waals surface area contributed by atoms with Crippen LogP contribution in [0.4, 0.5) is 4.79 Å². The molecular formula is C29H24N4O4. The third-order valence-corrected chi connectivity index (χ3v) is 6.96. The molecule has 1 atom stereocenters. The van der Waals surface area contributed by atoms with Gasteiger partial charge in [-0.25, -0.2) is 4.79 Å². The van der Waals surface area contributed by atoms with Crippen LogP contribution in [0.3, 0.4) is 0 Å². The molecule has 0 unspecified atom stereocenters. The first-order valence-electron chi connectivity index (χ1n) is 11.8. The largest absolute Gasteiger partial charge is 0.497 e. The van der Waals surface area contributed by atoms with Crippen molar-refractivity contribution in [1.82, 2.24) is 20.2 Å². The molecule has 1 saturated heterocycles. The fourth-order valence-corrected chi connectivity index (χ4v) is 4.98. The lowest BCUT2D eigenvalue weighted by Gasteiger charge is -2.27. The van der Waals surface area contributed by atoms with Gasteiger partial charge in [-0.15, -0.1) is 0 Å². The molecule has 8 heteroatoms. The van der Waals surface area contributed by atoms with E-state index >= 15 is 0 Å². The molecule has 6 rings (SSSR count). The number of carbonyl (C=O) groups is 2. The van der Waals surface area contributed by atoms with Crippen molar-refractivity contribution in [3.8, 4) is 22.8 Å². The predicted octanol–water partition coefficient (Wildman–Crippen LogP) is 4.61. The second kappa shape index (κ2) is 8.37. The minimum Gasteiger partial charge on any atom is -0.497 e. The first-order chi connectivity index (χ1) is 17.9. The van der Waals surface area contributed by atoms with Crippen molar-refractivity contribution >= 4 is 33.6 Å². The topological polar surface area (TPSA) is 105 Å². The number of nitrogens with zero attached hydrogens (tertiary/aromatic N) is 2. The van der Waals surface area contributed by atoms with Crippen LogP contribution in [0.25, 0.3) is 32.8 Å². The van der Waals surface area contributed by atoms with Crippen molar-refractivity contribution in [2.24, 2.45) is 0 Å². The molecule has 37 heavy (non-hydrogen) atoms. The number of rotatable bonds is 5. The molecule has 0 spiro atoms. The van der Waals surface area contributed by atoms with Gasteiger partial charge in [-0.05, 0) is 60.0 Å². The van der Waals surface area contributed by atoms with E-state index in [0.717, 1.165) is 33.1 Å². The van der Waals surface area contributed by atoms with Crippen molar-refractivity contribution in [2.75, 3.05) is 7.11 Å². The van der Waals surface area contributed by atoms with Gasteiger partial charge in [-0.3, -0.25) is 15.1 Å². The highest BCUT2D eigenvalue weighted by atomic mass is 16.5. The van der Waals surface area contributed by atoms with Crippen LogP contribution in [0.1, 0.15) is 11.3 Å². The van der Waals surface area contributed by atoms with Crippen LogP contribution in [0, 0.1) is 6.92 Å². The third-order valence-electron chi connectivity index (χ3n) is 6.96. The number of pyridine rings is 1. The average molecular weight is 493 g/mol. The zero-order valence-corrected chi connectivity index (χ0v) is 20.3. The molecule has 0 radical (unpaired) electrons. The minimum absolute atomic E-state index is 0.00768. The lowest BCUT2D eigenvalue weighted by atomic mass is 9.88. The summed E-state index contributed by atoms with van der Waals surface area (Å²) in [5.41, 5.74) is 3.09. The van der Waals surface area contributed by atoms with Gasteiger partial charge in [-0.2, -0.15) is 0 Å². The number of aromatic hydroxyl groups is 1. The molecule has 3 amide bonds. The lowest BCUT2D eigenvalue weighted by Crippen LogP contribution is -2.47. The number of aryl methyl sites for hydroxylation is 1. The number of amides is 3. The molecule has 8 nitrogen and oxygen atoms in total. The van der Waals surface area contributed by atoms with Crippen LogP contribution in [0.15, 0.2) is 79.0 Å². The maximum atomic E-state index is 13.2. The summed E-state index contributed by atoms with van der Waals surface area (Å²) in [6.07, 6.45) is 1.75. The number of methoxy groups -OCH3 is 1. The van der Waals surface area contributed by atoms with Crippen molar-refractivity contribution < 1.29 is 19.4 Å². The van der Waals surface area contributed by atoms with Crippen molar-refractivity contribution in [2.45, 2.75) is 19.0 Å². The highest BCUT2D eigenvalue weighted by molar-refractivity contribution is 6.07. The van der Waals surface area contributed by atoms with Crippen LogP contribution in [0.2, 0.25) is 0 Å². The molecule has 3 N–H and O–H groups in total. The second-order valence-corrected chi connectivity index (χ2v) is 9.28. The van der Waals surface area contributed by atoms with Crippen molar-refractivity contribution in [1.29, 1.82) is 0 Å². The predicted molar refractivity (Wildman–Crippen MR) is 140 cm³/mol. The summed E-state index contributed by atoms with van der Waals surface area (Å²) in [6, 6.07) is 22.4. The molecule has 1 aliphatic heterocycles. The average Bonchev–Trinajstić information content (AvgIpc) is 3.38. The van der Waals surface area contributed by atoms with Crippen LogP contribution in [0.5, 0.6) is 11.6 Å². The molecule has 1 aliphatic rings. The van der Waals surface area contributed by atoms with E-state index in [1.165, 1.54) is 0 Å². The summed E-state index contributed by atoms with van der Waals surface area (Å²) in [4.78, 5) is 30.0. The maximum Gasteiger partial charge on any atom is 0.322 e. The molecule has 3 aromatic carbocycles. The molecule has 0 saturated carbocycles. The van der Waals surface area contributed by atoms with Gasteiger partial charge in [0.25, 0.3) is 5.91 Å². The number of ether oxygens (including phenoxy) is 1. The van der Waals surface area contributed by atoms with Crippen LogP contribution < -0.4 is 15.4 Å². The molecule has 184 valence electrons. The number of carbonyl (C=O) groups excluding carboxylic acids is 2. The number of hydrogen-bond donors (Lipinski definition) is 3. The highest BCUT2D eigenvalue weighted by Crippen LogP contribution is 2.35. The number of aromatic nitrogens is 2.